The molecule has 1 unspecified atom stereocenters. The van der Waals surface area contributed by atoms with E-state index in [0.717, 1.165) is 20.4 Å². The first kappa shape index (κ1) is 15.2. The van der Waals surface area contributed by atoms with E-state index in [1.165, 1.54) is 0 Å². The topological polar surface area (TPSA) is 60.2 Å². The van der Waals surface area contributed by atoms with Crippen LogP contribution in [0.1, 0.15) is 31.0 Å². The zero-order chi connectivity index (χ0) is 14.5. The molecule has 2 aromatic rings. The van der Waals surface area contributed by atoms with Gasteiger partial charge in [-0.1, -0.05) is 18.2 Å². The van der Waals surface area contributed by atoms with E-state index < -0.39 is 0 Å². The third-order valence-corrected chi connectivity index (χ3v) is 3.80. The minimum absolute atomic E-state index is 0.105. The van der Waals surface area contributed by atoms with Crippen LogP contribution in [0.5, 0.6) is 5.75 Å². The number of nitrogens with two attached hydrogens (primary N) is 1. The van der Waals surface area contributed by atoms with Crippen molar-refractivity contribution in [2.45, 2.75) is 26.0 Å². The Morgan fingerprint density at radius 3 is 2.65 bits per heavy atom. The van der Waals surface area contributed by atoms with Crippen LogP contribution in [0.2, 0.25) is 0 Å². The van der Waals surface area contributed by atoms with Crippen molar-refractivity contribution in [2.24, 2.45) is 5.84 Å². The van der Waals surface area contributed by atoms with Crippen LogP contribution in [0.4, 0.5) is 0 Å². The van der Waals surface area contributed by atoms with Gasteiger partial charge in [0.25, 0.3) is 0 Å². The lowest BCUT2D eigenvalue weighted by atomic mass is 10.0. The fraction of sp³-hybridized carbons (Fsp3) is 0.267. The van der Waals surface area contributed by atoms with E-state index in [1.807, 2.05) is 32.0 Å². The van der Waals surface area contributed by atoms with Crippen LogP contribution >= 0.6 is 22.6 Å². The number of hydrazine groups is 1. The quantitative estimate of drug-likeness (QED) is 0.474. The first-order valence-corrected chi connectivity index (χ1v) is 7.52. The van der Waals surface area contributed by atoms with E-state index >= 15 is 0 Å². The first-order chi connectivity index (χ1) is 9.61. The fourth-order valence-corrected chi connectivity index (χ4v) is 2.70. The summed E-state index contributed by atoms with van der Waals surface area (Å²) in [7, 11) is 0. The summed E-state index contributed by atoms with van der Waals surface area (Å²) >= 11 is 2.31. The summed E-state index contributed by atoms with van der Waals surface area (Å²) in [5, 5.41) is 0. The largest absolute Gasteiger partial charge is 0.489 e. The zero-order valence-corrected chi connectivity index (χ0v) is 13.7. The molecule has 0 aliphatic heterocycles. The summed E-state index contributed by atoms with van der Waals surface area (Å²) in [6.45, 7) is 3.98. The van der Waals surface area contributed by atoms with Crippen molar-refractivity contribution < 1.29 is 4.74 Å². The van der Waals surface area contributed by atoms with Gasteiger partial charge in [-0.2, -0.15) is 0 Å². The van der Waals surface area contributed by atoms with Crippen LogP contribution in [0.3, 0.4) is 0 Å². The number of benzene rings is 1. The summed E-state index contributed by atoms with van der Waals surface area (Å²) in [6, 6.07) is 10.00. The number of pyridine rings is 1. The van der Waals surface area contributed by atoms with Gasteiger partial charge in [-0.15, -0.1) is 0 Å². The Labute approximate surface area is 132 Å². The van der Waals surface area contributed by atoms with Gasteiger partial charge in [-0.05, 0) is 59.7 Å². The van der Waals surface area contributed by atoms with Crippen LogP contribution in [0, 0.1) is 3.57 Å². The van der Waals surface area contributed by atoms with Crippen molar-refractivity contribution in [3.8, 4) is 5.75 Å². The molecule has 1 aromatic heterocycles. The van der Waals surface area contributed by atoms with Crippen LogP contribution in [-0.2, 0) is 0 Å². The van der Waals surface area contributed by atoms with Crippen molar-refractivity contribution in [1.29, 1.82) is 0 Å². The molecule has 0 aliphatic rings. The fourth-order valence-electron chi connectivity index (χ4n) is 2.00. The van der Waals surface area contributed by atoms with Crippen molar-refractivity contribution in [3.05, 3.63) is 57.4 Å². The third-order valence-electron chi connectivity index (χ3n) is 2.82. The van der Waals surface area contributed by atoms with Crippen LogP contribution in [0.15, 0.2) is 42.7 Å². The lowest BCUT2D eigenvalue weighted by Crippen LogP contribution is -2.29. The molecule has 1 aromatic carbocycles. The molecule has 0 fully saturated rings. The molecule has 106 valence electrons. The highest BCUT2D eigenvalue weighted by atomic mass is 127. The average molecular weight is 383 g/mol. The standard InChI is InChI=1S/C15H18IN3O/c1-10(2)20-12-7-11(8-18-9-12)15(19-17)13-5-3-4-6-14(13)16/h3-10,15,19H,17H2,1-2H3. The van der Waals surface area contributed by atoms with Gasteiger partial charge in [0.1, 0.15) is 5.75 Å². The molecule has 0 saturated heterocycles. The second-order valence-corrected chi connectivity index (χ2v) is 5.90. The molecule has 0 amide bonds. The Balaban J connectivity index is 2.35. The number of ether oxygens (including phenoxy) is 1. The third kappa shape index (κ3) is 3.68. The molecule has 20 heavy (non-hydrogen) atoms. The Morgan fingerprint density at radius 2 is 2.00 bits per heavy atom. The molecule has 1 heterocycles. The molecule has 0 bridgehead atoms. The van der Waals surface area contributed by atoms with E-state index in [-0.39, 0.29) is 12.1 Å². The van der Waals surface area contributed by atoms with Crippen molar-refractivity contribution in [1.82, 2.24) is 10.4 Å². The van der Waals surface area contributed by atoms with Gasteiger partial charge in [-0.25, -0.2) is 5.43 Å². The van der Waals surface area contributed by atoms with E-state index in [2.05, 4.69) is 45.1 Å². The van der Waals surface area contributed by atoms with E-state index in [1.54, 1.807) is 12.4 Å². The minimum atomic E-state index is -0.105. The van der Waals surface area contributed by atoms with Gasteiger partial charge in [0.2, 0.25) is 0 Å². The molecule has 0 spiro atoms. The van der Waals surface area contributed by atoms with Gasteiger partial charge in [-0.3, -0.25) is 10.8 Å². The average Bonchev–Trinajstić information content (AvgIpc) is 2.41. The number of halogens is 1. The zero-order valence-electron chi connectivity index (χ0n) is 11.5. The Morgan fingerprint density at radius 1 is 1.25 bits per heavy atom. The number of nitrogens with one attached hydrogen (secondary N) is 1. The predicted octanol–water partition coefficient (Wildman–Crippen LogP) is 3.03. The molecule has 0 aliphatic carbocycles. The maximum atomic E-state index is 5.74. The van der Waals surface area contributed by atoms with Gasteiger partial charge >= 0.3 is 0 Å². The van der Waals surface area contributed by atoms with Crippen LogP contribution in [0.25, 0.3) is 0 Å². The van der Waals surface area contributed by atoms with E-state index in [9.17, 15) is 0 Å². The number of hydrogen-bond acceptors (Lipinski definition) is 4. The molecular formula is C15H18IN3O. The second kappa shape index (κ2) is 7.01. The number of nitrogens with zero attached hydrogens (tertiary/aromatic N) is 1. The summed E-state index contributed by atoms with van der Waals surface area (Å²) < 4.78 is 6.84. The number of hydrogen-bond donors (Lipinski definition) is 2. The molecule has 4 nitrogen and oxygen atoms in total. The normalized spacial score (nSPS) is 12.4. The summed E-state index contributed by atoms with van der Waals surface area (Å²) in [4.78, 5) is 4.24. The summed E-state index contributed by atoms with van der Waals surface area (Å²) in [5.74, 6) is 6.49. The van der Waals surface area contributed by atoms with Gasteiger partial charge < -0.3 is 4.74 Å². The molecule has 0 saturated carbocycles. The molecule has 1 atom stereocenters. The maximum Gasteiger partial charge on any atom is 0.138 e. The summed E-state index contributed by atoms with van der Waals surface area (Å²) in [6.07, 6.45) is 3.64. The smallest absolute Gasteiger partial charge is 0.138 e. The lowest BCUT2D eigenvalue weighted by Gasteiger charge is -2.19. The Bertz CT molecular complexity index is 575. The Hall–Kier alpha value is -1.18. The van der Waals surface area contributed by atoms with E-state index in [4.69, 9.17) is 10.6 Å². The molecule has 0 radical (unpaired) electrons. The number of aromatic nitrogens is 1. The summed E-state index contributed by atoms with van der Waals surface area (Å²) in [5.41, 5.74) is 4.96. The second-order valence-electron chi connectivity index (χ2n) is 4.74. The molecule has 5 heteroatoms. The molecule has 2 rings (SSSR count). The van der Waals surface area contributed by atoms with Gasteiger partial charge in [0.05, 0.1) is 18.3 Å². The van der Waals surface area contributed by atoms with Crippen LogP contribution < -0.4 is 16.0 Å². The monoisotopic (exact) mass is 383 g/mol. The first-order valence-electron chi connectivity index (χ1n) is 6.44. The predicted molar refractivity (Wildman–Crippen MR) is 88.3 cm³/mol. The van der Waals surface area contributed by atoms with Crippen molar-refractivity contribution >= 4 is 22.6 Å². The van der Waals surface area contributed by atoms with Gasteiger partial charge in [0.15, 0.2) is 0 Å². The van der Waals surface area contributed by atoms with E-state index in [0.29, 0.717) is 0 Å². The Kier molecular flexibility index (Phi) is 5.33. The maximum absolute atomic E-state index is 5.74. The highest BCUT2D eigenvalue weighted by molar-refractivity contribution is 14.1. The van der Waals surface area contributed by atoms with Crippen molar-refractivity contribution in [3.63, 3.8) is 0 Å². The van der Waals surface area contributed by atoms with Crippen LogP contribution in [-0.4, -0.2) is 11.1 Å². The SMILES string of the molecule is CC(C)Oc1cncc(C(NN)c2ccccc2I)c1. The van der Waals surface area contributed by atoms with Crippen molar-refractivity contribution in [2.75, 3.05) is 0 Å². The molecule has 3 N–H and O–H groups in total. The minimum Gasteiger partial charge on any atom is -0.489 e. The van der Waals surface area contributed by atoms with Gasteiger partial charge in [0, 0.05) is 9.77 Å². The highest BCUT2D eigenvalue weighted by Gasteiger charge is 2.16. The molecular weight excluding hydrogens is 365 g/mol. The number of rotatable bonds is 5. The lowest BCUT2D eigenvalue weighted by molar-refractivity contribution is 0.241. The highest BCUT2D eigenvalue weighted by Crippen LogP contribution is 2.27.